The third-order valence-corrected chi connectivity index (χ3v) is 2.41. The maximum absolute atomic E-state index is 10.9. The second kappa shape index (κ2) is 3.33. The average Bonchev–Trinajstić information content (AvgIpc) is 2.16. The van der Waals surface area contributed by atoms with Crippen LogP contribution < -0.4 is 4.74 Å². The normalized spacial score (nSPS) is 19.6. The smallest absolute Gasteiger partial charge is 0.339 e. The summed E-state index contributed by atoms with van der Waals surface area (Å²) in [4.78, 5) is 10.9. The van der Waals surface area contributed by atoms with Crippen molar-refractivity contribution in [2.24, 2.45) is 5.92 Å². The monoisotopic (exact) mass is 192 g/mol. The summed E-state index contributed by atoms with van der Waals surface area (Å²) in [5.41, 5.74) is 1.28. The van der Waals surface area contributed by atoms with E-state index in [0.717, 1.165) is 12.0 Å². The van der Waals surface area contributed by atoms with E-state index in [1.807, 2.05) is 6.07 Å². The maximum atomic E-state index is 10.9. The third kappa shape index (κ3) is 1.45. The van der Waals surface area contributed by atoms with Crippen LogP contribution in [0.4, 0.5) is 0 Å². The Bertz CT molecular complexity index is 371. The lowest BCUT2D eigenvalue weighted by Gasteiger charge is -2.23. The third-order valence-electron chi connectivity index (χ3n) is 2.41. The summed E-state index contributed by atoms with van der Waals surface area (Å²) in [6, 6.07) is 5.28. The fourth-order valence-electron chi connectivity index (χ4n) is 1.74. The van der Waals surface area contributed by atoms with Crippen LogP contribution in [0.5, 0.6) is 5.75 Å². The molecule has 1 aliphatic rings. The second-order valence-corrected chi connectivity index (χ2v) is 3.72. The van der Waals surface area contributed by atoms with Crippen molar-refractivity contribution < 1.29 is 14.6 Å². The van der Waals surface area contributed by atoms with E-state index in [1.54, 1.807) is 12.1 Å². The predicted molar refractivity (Wildman–Crippen MR) is 51.8 cm³/mol. The number of hydrogen-bond acceptors (Lipinski definition) is 2. The molecule has 0 aromatic heterocycles. The van der Waals surface area contributed by atoms with Crippen LogP contribution in [0.3, 0.4) is 0 Å². The number of carboxylic acid groups (broad SMARTS) is 1. The molecular weight excluding hydrogens is 180 g/mol. The van der Waals surface area contributed by atoms with Crippen molar-refractivity contribution in [1.82, 2.24) is 0 Å². The van der Waals surface area contributed by atoms with Crippen LogP contribution >= 0.6 is 0 Å². The number of hydrogen-bond donors (Lipinski definition) is 1. The molecule has 2 rings (SSSR count). The minimum atomic E-state index is -0.920. The first-order chi connectivity index (χ1) is 6.68. The molecule has 1 atom stereocenters. The predicted octanol–water partition coefficient (Wildman–Crippen LogP) is 1.96. The summed E-state index contributed by atoms with van der Waals surface area (Å²) in [7, 11) is 0. The first-order valence-corrected chi connectivity index (χ1v) is 4.66. The van der Waals surface area contributed by atoms with E-state index in [-0.39, 0.29) is 5.56 Å². The van der Waals surface area contributed by atoms with Crippen molar-refractivity contribution in [2.75, 3.05) is 6.61 Å². The molecule has 0 radical (unpaired) electrons. The van der Waals surface area contributed by atoms with Gasteiger partial charge in [-0.3, -0.25) is 0 Å². The van der Waals surface area contributed by atoms with Gasteiger partial charge in [0, 0.05) is 0 Å². The molecule has 1 aliphatic heterocycles. The van der Waals surface area contributed by atoms with Gasteiger partial charge in [-0.05, 0) is 24.0 Å². The Morgan fingerprint density at radius 1 is 1.57 bits per heavy atom. The molecule has 0 saturated carbocycles. The Kier molecular flexibility index (Phi) is 2.15. The lowest BCUT2D eigenvalue weighted by molar-refractivity contribution is 0.0689. The minimum absolute atomic E-state index is 0.273. The van der Waals surface area contributed by atoms with Gasteiger partial charge in [-0.25, -0.2) is 4.79 Å². The Morgan fingerprint density at radius 3 is 3.07 bits per heavy atom. The van der Waals surface area contributed by atoms with E-state index in [9.17, 15) is 4.79 Å². The number of aromatic carboxylic acids is 1. The lowest BCUT2D eigenvalue weighted by Crippen LogP contribution is -2.20. The molecule has 3 nitrogen and oxygen atoms in total. The van der Waals surface area contributed by atoms with Crippen LogP contribution in [0.25, 0.3) is 0 Å². The van der Waals surface area contributed by atoms with E-state index in [2.05, 4.69) is 6.92 Å². The summed E-state index contributed by atoms with van der Waals surface area (Å²) >= 11 is 0. The Labute approximate surface area is 82.3 Å². The molecular formula is C11H12O3. The van der Waals surface area contributed by atoms with Gasteiger partial charge < -0.3 is 9.84 Å². The Balaban J connectivity index is 2.46. The topological polar surface area (TPSA) is 46.5 Å². The molecule has 1 heterocycles. The highest BCUT2D eigenvalue weighted by Gasteiger charge is 2.21. The fraction of sp³-hybridized carbons (Fsp3) is 0.364. The molecule has 0 spiro atoms. The highest BCUT2D eigenvalue weighted by Crippen LogP contribution is 2.30. The number of benzene rings is 1. The molecule has 0 fully saturated rings. The summed E-state index contributed by atoms with van der Waals surface area (Å²) in [6.07, 6.45) is 0.899. The van der Waals surface area contributed by atoms with Crippen LogP contribution in [0.2, 0.25) is 0 Å². The summed E-state index contributed by atoms with van der Waals surface area (Å²) in [5.74, 6) is 0.0982. The largest absolute Gasteiger partial charge is 0.492 e. The van der Waals surface area contributed by atoms with Crippen LogP contribution in [-0.2, 0) is 6.42 Å². The SMILES string of the molecule is C[C@@H]1COc2c(cccc2C(=O)O)C1. The molecule has 0 aliphatic carbocycles. The van der Waals surface area contributed by atoms with E-state index in [1.165, 1.54) is 0 Å². The number of para-hydroxylation sites is 1. The first kappa shape index (κ1) is 9.06. The highest BCUT2D eigenvalue weighted by molar-refractivity contribution is 5.91. The van der Waals surface area contributed by atoms with Gasteiger partial charge >= 0.3 is 5.97 Å². The summed E-state index contributed by atoms with van der Waals surface area (Å²) in [6.45, 7) is 2.70. The van der Waals surface area contributed by atoms with Crippen molar-refractivity contribution in [3.05, 3.63) is 29.3 Å². The number of fused-ring (bicyclic) bond motifs is 1. The first-order valence-electron chi connectivity index (χ1n) is 4.66. The quantitative estimate of drug-likeness (QED) is 0.739. The standard InChI is InChI=1S/C11H12O3/c1-7-5-8-3-2-4-9(11(12)13)10(8)14-6-7/h2-4,7H,5-6H2,1H3,(H,12,13)/t7-/m0/s1. The molecule has 0 bridgehead atoms. The van der Waals surface area contributed by atoms with Crippen LogP contribution in [0.1, 0.15) is 22.8 Å². The van der Waals surface area contributed by atoms with E-state index < -0.39 is 5.97 Å². The minimum Gasteiger partial charge on any atom is -0.492 e. The maximum Gasteiger partial charge on any atom is 0.339 e. The van der Waals surface area contributed by atoms with Crippen molar-refractivity contribution in [2.45, 2.75) is 13.3 Å². The van der Waals surface area contributed by atoms with Gasteiger partial charge in [-0.1, -0.05) is 19.1 Å². The zero-order valence-electron chi connectivity index (χ0n) is 7.99. The Hall–Kier alpha value is -1.51. The Morgan fingerprint density at radius 2 is 2.36 bits per heavy atom. The van der Waals surface area contributed by atoms with Gasteiger partial charge in [0.2, 0.25) is 0 Å². The van der Waals surface area contributed by atoms with E-state index in [4.69, 9.17) is 9.84 Å². The molecule has 3 heteroatoms. The molecule has 1 N–H and O–H groups in total. The van der Waals surface area contributed by atoms with Crippen molar-refractivity contribution in [3.63, 3.8) is 0 Å². The van der Waals surface area contributed by atoms with Gasteiger partial charge in [0.25, 0.3) is 0 Å². The molecule has 74 valence electrons. The number of carbonyl (C=O) groups is 1. The van der Waals surface area contributed by atoms with Crippen LogP contribution in [-0.4, -0.2) is 17.7 Å². The van der Waals surface area contributed by atoms with Crippen molar-refractivity contribution in [1.29, 1.82) is 0 Å². The van der Waals surface area contributed by atoms with Crippen LogP contribution in [0.15, 0.2) is 18.2 Å². The number of carboxylic acids is 1. The van der Waals surface area contributed by atoms with Gasteiger partial charge in [0.1, 0.15) is 11.3 Å². The zero-order chi connectivity index (χ0) is 10.1. The zero-order valence-corrected chi connectivity index (χ0v) is 7.99. The van der Waals surface area contributed by atoms with Gasteiger partial charge in [0.15, 0.2) is 0 Å². The fourth-order valence-corrected chi connectivity index (χ4v) is 1.74. The van der Waals surface area contributed by atoms with Gasteiger partial charge in [-0.15, -0.1) is 0 Å². The molecule has 0 amide bonds. The van der Waals surface area contributed by atoms with E-state index in [0.29, 0.717) is 18.3 Å². The highest BCUT2D eigenvalue weighted by atomic mass is 16.5. The van der Waals surface area contributed by atoms with Crippen molar-refractivity contribution in [3.8, 4) is 5.75 Å². The van der Waals surface area contributed by atoms with E-state index >= 15 is 0 Å². The lowest BCUT2D eigenvalue weighted by atomic mass is 9.96. The second-order valence-electron chi connectivity index (χ2n) is 3.72. The van der Waals surface area contributed by atoms with Crippen molar-refractivity contribution >= 4 is 5.97 Å². The molecule has 1 aromatic carbocycles. The van der Waals surface area contributed by atoms with Gasteiger partial charge in [-0.2, -0.15) is 0 Å². The van der Waals surface area contributed by atoms with Gasteiger partial charge in [0.05, 0.1) is 6.61 Å². The molecule has 1 aromatic rings. The molecule has 14 heavy (non-hydrogen) atoms. The number of ether oxygens (including phenoxy) is 1. The number of rotatable bonds is 1. The molecule has 0 unspecified atom stereocenters. The van der Waals surface area contributed by atoms with Crippen LogP contribution in [0, 0.1) is 5.92 Å². The molecule has 0 saturated heterocycles. The summed E-state index contributed by atoms with van der Waals surface area (Å²) < 4.78 is 5.45. The summed E-state index contributed by atoms with van der Waals surface area (Å²) in [5, 5.41) is 8.93. The average molecular weight is 192 g/mol.